The number of carbonyl (C=O) groups is 1. The van der Waals surface area contributed by atoms with Crippen molar-refractivity contribution in [3.05, 3.63) is 102 Å². The van der Waals surface area contributed by atoms with E-state index in [1.54, 1.807) is 0 Å². The molecule has 0 amide bonds. The molecule has 0 spiro atoms. The van der Waals surface area contributed by atoms with E-state index in [0.717, 1.165) is 56.9 Å². The number of morpholine rings is 1. The van der Waals surface area contributed by atoms with Crippen molar-refractivity contribution in [3.8, 4) is 0 Å². The number of ether oxygens (including phenoxy) is 1. The highest BCUT2D eigenvalue weighted by molar-refractivity contribution is 6.03. The fraction of sp³-hybridized carbons (Fsp3) is 0.345. The van der Waals surface area contributed by atoms with Crippen LogP contribution in [0.25, 0.3) is 0 Å². The SMILES string of the molecule is CCC(Cc1ccccc1)(NCCc1ccccc1)C(=O)c1ccc(N2CCOCC2)cc1. The molecule has 3 aromatic carbocycles. The Morgan fingerprint density at radius 3 is 2.09 bits per heavy atom. The minimum atomic E-state index is -0.642. The monoisotopic (exact) mass is 442 g/mol. The smallest absolute Gasteiger partial charge is 0.183 e. The van der Waals surface area contributed by atoms with Crippen molar-refractivity contribution in [1.29, 1.82) is 0 Å². The maximum absolute atomic E-state index is 13.9. The number of Topliss-reactive ketones (excluding diaryl/α,β-unsaturated/α-hetero) is 1. The molecule has 1 atom stereocenters. The van der Waals surface area contributed by atoms with Crippen molar-refractivity contribution in [2.24, 2.45) is 0 Å². The maximum atomic E-state index is 13.9. The van der Waals surface area contributed by atoms with Crippen LogP contribution < -0.4 is 10.2 Å². The number of nitrogens with zero attached hydrogens (tertiary/aromatic N) is 1. The van der Waals surface area contributed by atoms with Crippen LogP contribution in [0.5, 0.6) is 0 Å². The van der Waals surface area contributed by atoms with Gasteiger partial charge in [-0.3, -0.25) is 4.79 Å². The Hall–Kier alpha value is -2.95. The summed E-state index contributed by atoms with van der Waals surface area (Å²) in [5.74, 6) is 0.162. The van der Waals surface area contributed by atoms with Crippen molar-refractivity contribution in [2.45, 2.75) is 31.7 Å². The molecule has 4 rings (SSSR count). The Labute approximate surface area is 197 Å². The molecule has 4 heteroatoms. The molecule has 0 aromatic heterocycles. The largest absolute Gasteiger partial charge is 0.378 e. The molecule has 33 heavy (non-hydrogen) atoms. The van der Waals surface area contributed by atoms with Gasteiger partial charge in [0.2, 0.25) is 0 Å². The summed E-state index contributed by atoms with van der Waals surface area (Å²) in [6, 6.07) is 28.9. The second kappa shape index (κ2) is 11.3. The number of carbonyl (C=O) groups excluding carboxylic acids is 1. The Morgan fingerprint density at radius 2 is 1.48 bits per heavy atom. The van der Waals surface area contributed by atoms with Gasteiger partial charge < -0.3 is 15.0 Å². The molecule has 172 valence electrons. The summed E-state index contributed by atoms with van der Waals surface area (Å²) in [6.07, 6.45) is 2.28. The number of rotatable bonds is 10. The van der Waals surface area contributed by atoms with Crippen LogP contribution in [0.15, 0.2) is 84.9 Å². The Bertz CT molecular complexity index is 999. The third kappa shape index (κ3) is 5.89. The van der Waals surface area contributed by atoms with Crippen LogP contribution in [0.1, 0.15) is 34.8 Å². The van der Waals surface area contributed by atoms with Gasteiger partial charge in [0, 0.05) is 30.9 Å². The van der Waals surface area contributed by atoms with Gasteiger partial charge >= 0.3 is 0 Å². The van der Waals surface area contributed by atoms with E-state index in [4.69, 9.17) is 4.74 Å². The van der Waals surface area contributed by atoms with E-state index in [1.807, 2.05) is 36.4 Å². The lowest BCUT2D eigenvalue weighted by Crippen LogP contribution is -2.54. The van der Waals surface area contributed by atoms with Gasteiger partial charge in [0.25, 0.3) is 0 Å². The molecule has 1 fully saturated rings. The zero-order chi connectivity index (χ0) is 22.9. The van der Waals surface area contributed by atoms with Crippen molar-refractivity contribution >= 4 is 11.5 Å². The van der Waals surface area contributed by atoms with E-state index in [2.05, 4.69) is 65.7 Å². The lowest BCUT2D eigenvalue weighted by molar-refractivity contribution is 0.0842. The van der Waals surface area contributed by atoms with Gasteiger partial charge in [0.1, 0.15) is 0 Å². The van der Waals surface area contributed by atoms with Crippen LogP contribution in [0.2, 0.25) is 0 Å². The predicted octanol–water partition coefficient (Wildman–Crippen LogP) is 4.93. The average molecular weight is 443 g/mol. The molecule has 0 aliphatic carbocycles. The van der Waals surface area contributed by atoms with E-state index >= 15 is 0 Å². The first-order valence-corrected chi connectivity index (χ1v) is 12.0. The molecule has 0 radical (unpaired) electrons. The number of anilines is 1. The first-order valence-electron chi connectivity index (χ1n) is 12.0. The molecule has 1 saturated heterocycles. The summed E-state index contributed by atoms with van der Waals surface area (Å²) < 4.78 is 5.46. The fourth-order valence-corrected chi connectivity index (χ4v) is 4.59. The van der Waals surface area contributed by atoms with Crippen LogP contribution in [0, 0.1) is 0 Å². The van der Waals surface area contributed by atoms with Crippen LogP contribution in [0.4, 0.5) is 5.69 Å². The predicted molar refractivity (Wildman–Crippen MR) is 135 cm³/mol. The Kier molecular flexibility index (Phi) is 7.92. The van der Waals surface area contributed by atoms with Gasteiger partial charge in [0.05, 0.1) is 18.8 Å². The second-order valence-electron chi connectivity index (χ2n) is 8.74. The van der Waals surface area contributed by atoms with Gasteiger partial charge in [-0.25, -0.2) is 0 Å². The highest BCUT2D eigenvalue weighted by Gasteiger charge is 2.36. The average Bonchev–Trinajstić information content (AvgIpc) is 2.89. The number of ketones is 1. The molecular weight excluding hydrogens is 408 g/mol. The molecule has 4 nitrogen and oxygen atoms in total. The lowest BCUT2D eigenvalue weighted by atomic mass is 9.81. The van der Waals surface area contributed by atoms with Crippen molar-refractivity contribution in [2.75, 3.05) is 37.7 Å². The molecule has 1 aliphatic rings. The highest BCUT2D eigenvalue weighted by Crippen LogP contribution is 2.25. The van der Waals surface area contributed by atoms with E-state index in [0.29, 0.717) is 6.42 Å². The third-order valence-electron chi connectivity index (χ3n) is 6.61. The summed E-state index contributed by atoms with van der Waals surface area (Å²) in [5, 5.41) is 3.68. The van der Waals surface area contributed by atoms with Crippen molar-refractivity contribution in [3.63, 3.8) is 0 Å². The zero-order valence-corrected chi connectivity index (χ0v) is 19.5. The summed E-state index contributed by atoms with van der Waals surface area (Å²) in [6.45, 7) is 6.15. The van der Waals surface area contributed by atoms with Crippen LogP contribution in [-0.2, 0) is 17.6 Å². The second-order valence-corrected chi connectivity index (χ2v) is 8.74. The highest BCUT2D eigenvalue weighted by atomic mass is 16.5. The van der Waals surface area contributed by atoms with Crippen molar-refractivity contribution in [1.82, 2.24) is 5.32 Å². The van der Waals surface area contributed by atoms with Crippen LogP contribution in [-0.4, -0.2) is 44.2 Å². The first-order chi connectivity index (χ1) is 16.2. The minimum Gasteiger partial charge on any atom is -0.378 e. The fourth-order valence-electron chi connectivity index (χ4n) is 4.59. The molecular formula is C29H34N2O2. The number of hydrogen-bond donors (Lipinski definition) is 1. The normalized spacial score (nSPS) is 15.7. The summed E-state index contributed by atoms with van der Waals surface area (Å²) in [5.41, 5.74) is 3.72. The summed E-state index contributed by atoms with van der Waals surface area (Å²) in [4.78, 5) is 16.2. The van der Waals surface area contributed by atoms with Crippen molar-refractivity contribution < 1.29 is 9.53 Å². The molecule has 1 aliphatic heterocycles. The van der Waals surface area contributed by atoms with E-state index in [1.165, 1.54) is 11.1 Å². The molecule has 3 aromatic rings. The molecule has 0 saturated carbocycles. The van der Waals surface area contributed by atoms with Gasteiger partial charge in [-0.1, -0.05) is 67.6 Å². The van der Waals surface area contributed by atoms with E-state index < -0.39 is 5.54 Å². The van der Waals surface area contributed by atoms with Gasteiger partial charge in [-0.05, 0) is 54.7 Å². The Balaban J connectivity index is 1.54. The zero-order valence-electron chi connectivity index (χ0n) is 19.5. The molecule has 0 bridgehead atoms. The van der Waals surface area contributed by atoms with Gasteiger partial charge in [-0.15, -0.1) is 0 Å². The molecule has 1 unspecified atom stereocenters. The van der Waals surface area contributed by atoms with Crippen LogP contribution in [0.3, 0.4) is 0 Å². The van der Waals surface area contributed by atoms with Crippen LogP contribution >= 0.6 is 0 Å². The lowest BCUT2D eigenvalue weighted by Gasteiger charge is -2.34. The molecule has 1 N–H and O–H groups in total. The Morgan fingerprint density at radius 1 is 0.879 bits per heavy atom. The van der Waals surface area contributed by atoms with E-state index in [9.17, 15) is 4.79 Å². The minimum absolute atomic E-state index is 0.162. The standard InChI is InChI=1S/C29H34N2O2/c1-2-29(23-25-11-7-4-8-12-25,30-18-17-24-9-5-3-6-10-24)28(32)26-13-15-27(16-14-26)31-19-21-33-22-20-31/h3-16,30H,2,17-23H2,1H3. The number of hydrogen-bond acceptors (Lipinski definition) is 4. The molecule has 1 heterocycles. The topological polar surface area (TPSA) is 41.6 Å². The quantitative estimate of drug-likeness (QED) is 0.452. The number of benzene rings is 3. The summed E-state index contributed by atoms with van der Waals surface area (Å²) >= 11 is 0. The first kappa shape index (κ1) is 23.2. The van der Waals surface area contributed by atoms with Gasteiger partial charge in [-0.2, -0.15) is 0 Å². The number of nitrogens with one attached hydrogen (secondary N) is 1. The summed E-state index contributed by atoms with van der Waals surface area (Å²) in [7, 11) is 0. The maximum Gasteiger partial charge on any atom is 0.183 e. The van der Waals surface area contributed by atoms with E-state index in [-0.39, 0.29) is 5.78 Å². The third-order valence-corrected chi connectivity index (χ3v) is 6.61. The van der Waals surface area contributed by atoms with Gasteiger partial charge in [0.15, 0.2) is 5.78 Å².